The van der Waals surface area contributed by atoms with Crippen molar-refractivity contribution in [3.05, 3.63) is 153 Å². The van der Waals surface area contributed by atoms with Gasteiger partial charge in [-0.3, -0.25) is 23.2 Å². The Kier molecular flexibility index (Phi) is 18.6. The first kappa shape index (κ1) is 58.4. The monoisotopic (exact) mass is 1140 g/mol. The second-order valence-corrected chi connectivity index (χ2v) is 20.5. The predicted molar refractivity (Wildman–Crippen MR) is 293 cm³/mol. The predicted octanol–water partition coefficient (Wildman–Crippen LogP) is 11.1. The number of rotatable bonds is 15. The molecule has 1 aliphatic carbocycles. The van der Waals surface area contributed by atoms with Gasteiger partial charge in [-0.05, 0) is 122 Å². The Balaban J connectivity index is 0.000000174. The maximum absolute atomic E-state index is 13.1. The number of hydrogen-bond donors (Lipinski definition) is 3. The molecule has 7 aromatic rings. The molecule has 10 rings (SSSR count). The lowest BCUT2D eigenvalue weighted by molar-refractivity contribution is -0.345. The summed E-state index contributed by atoms with van der Waals surface area (Å²) in [6.45, 7) is 8.17. The summed E-state index contributed by atoms with van der Waals surface area (Å²) in [7, 11) is 4.11. The molecule has 0 radical (unpaired) electrons. The molecule has 0 atom stereocenters. The molecule has 23 heteroatoms. The largest absolute Gasteiger partial charge is 0.573 e. The van der Waals surface area contributed by atoms with Crippen LogP contribution in [0.5, 0.6) is 5.75 Å². The number of carboxylic acids is 1. The summed E-state index contributed by atoms with van der Waals surface area (Å²) in [5.74, 6) is -1.39. The number of amides is 1. The molecular formula is C56H62Cl2F6N10O5. The number of aryl methyl sites for hydroxylation is 2. The number of benzene rings is 3. The minimum absolute atomic E-state index is 0.190. The van der Waals surface area contributed by atoms with Gasteiger partial charge in [-0.25, -0.2) is 14.8 Å². The molecule has 15 nitrogen and oxygen atoms in total. The van der Waals surface area contributed by atoms with Crippen LogP contribution >= 0.6 is 23.2 Å². The second kappa shape index (κ2) is 25.1. The zero-order valence-corrected chi connectivity index (χ0v) is 45.5. The van der Waals surface area contributed by atoms with Crippen LogP contribution in [0, 0.1) is 0 Å². The number of nitrogens with two attached hydrogens (primary N) is 1. The molecule has 1 amide bonds. The molecule has 6 heterocycles. The van der Waals surface area contributed by atoms with Gasteiger partial charge >= 0.3 is 18.7 Å². The minimum atomic E-state index is -4.66. The molecule has 0 spiro atoms. The van der Waals surface area contributed by atoms with E-state index in [1.54, 1.807) is 53.2 Å². The van der Waals surface area contributed by atoms with Crippen LogP contribution in [0.4, 0.5) is 43.4 Å². The van der Waals surface area contributed by atoms with E-state index in [0.717, 1.165) is 72.9 Å². The summed E-state index contributed by atoms with van der Waals surface area (Å²) < 4.78 is 85.3. The number of halogens is 8. The number of carbonyl (C=O) groups is 2. The molecule has 3 aromatic carbocycles. The zero-order valence-electron chi connectivity index (χ0n) is 43.9. The summed E-state index contributed by atoms with van der Waals surface area (Å²) in [4.78, 5) is 41.8. The van der Waals surface area contributed by atoms with Crippen LogP contribution < -0.4 is 30.5 Å². The maximum atomic E-state index is 13.1. The number of nitrogens with zero attached hydrogens (tertiary/aromatic N) is 8. The fraction of sp³-hybridized carbons (Fsp3) is 0.393. The van der Waals surface area contributed by atoms with Crippen molar-refractivity contribution in [2.24, 2.45) is 5.73 Å². The number of anilines is 3. The van der Waals surface area contributed by atoms with E-state index in [-0.39, 0.29) is 17.4 Å². The summed E-state index contributed by atoms with van der Waals surface area (Å²) in [5, 5.41) is 13.1. The Morgan fingerprint density at radius 1 is 0.684 bits per heavy atom. The summed E-state index contributed by atoms with van der Waals surface area (Å²) >= 11 is 12.0. The quantitative estimate of drug-likeness (QED) is 0.0836. The molecule has 3 aliphatic rings. The van der Waals surface area contributed by atoms with Crippen LogP contribution in [-0.4, -0.2) is 118 Å². The lowest BCUT2D eigenvalue weighted by Crippen LogP contribution is -2.62. The van der Waals surface area contributed by atoms with Crippen molar-refractivity contribution < 1.29 is 50.5 Å². The van der Waals surface area contributed by atoms with E-state index < -0.39 is 24.8 Å². The number of carboxylic acid groups (broad SMARTS) is 1. The number of carbonyl (C=O) groups excluding carboxylic acids is 1. The van der Waals surface area contributed by atoms with Crippen molar-refractivity contribution in [2.45, 2.75) is 102 Å². The summed E-state index contributed by atoms with van der Waals surface area (Å²) in [5.41, 5.74) is 14.1. The molecule has 2 saturated heterocycles. The highest BCUT2D eigenvalue weighted by Gasteiger charge is 2.40. The summed E-state index contributed by atoms with van der Waals surface area (Å²) in [6.07, 6.45) is -3.07. The fourth-order valence-electron chi connectivity index (χ4n) is 10.0. The van der Waals surface area contributed by atoms with Crippen LogP contribution in [0.2, 0.25) is 10.0 Å². The molecule has 2 aliphatic heterocycles. The van der Waals surface area contributed by atoms with Gasteiger partial charge in [-0.15, -0.1) is 26.3 Å². The third-order valence-electron chi connectivity index (χ3n) is 14.5. The Hall–Kier alpha value is -6.78. The third kappa shape index (κ3) is 14.7. The number of likely N-dealkylation sites (tertiary alicyclic amines) is 1. The second-order valence-electron chi connectivity index (χ2n) is 19.6. The number of imidazole rings is 2. The van der Waals surface area contributed by atoms with E-state index in [0.29, 0.717) is 89.6 Å². The van der Waals surface area contributed by atoms with Crippen LogP contribution in [0.15, 0.2) is 109 Å². The minimum Gasteiger partial charge on any atom is -0.477 e. The van der Waals surface area contributed by atoms with Gasteiger partial charge in [0.15, 0.2) is 5.69 Å². The number of aromatic nitrogens is 4. The Morgan fingerprint density at radius 2 is 1.18 bits per heavy atom. The first-order chi connectivity index (χ1) is 37.6. The number of alkyl halides is 6. The van der Waals surface area contributed by atoms with E-state index >= 15 is 0 Å². The van der Waals surface area contributed by atoms with Gasteiger partial charge in [0.2, 0.25) is 0 Å². The SMILES string of the molecule is CCc1nc2ccc(Cl)cn2c1C(=O)NCc1ccc(N(C)C2CN(C3CCC(OC(F)(F)F)CC3)C2)cc1.CCc1nc2ccc(Cl)cn2c1C(=O)O.CN(c1ccc(CN)cc1)C1CN(c2ccc(OC(F)(F)F)cc2)C1. The van der Waals surface area contributed by atoms with Crippen molar-refractivity contribution >= 4 is 63.4 Å². The molecular weight excluding hydrogens is 1080 g/mol. The number of likely N-dealkylation sites (N-methyl/N-ethyl adjacent to an activating group) is 2. The van der Waals surface area contributed by atoms with Gasteiger partial charge in [-0.1, -0.05) is 61.3 Å². The molecule has 79 heavy (non-hydrogen) atoms. The molecule has 4 aromatic heterocycles. The van der Waals surface area contributed by atoms with Crippen LogP contribution in [0.1, 0.15) is 83.0 Å². The third-order valence-corrected chi connectivity index (χ3v) is 15.0. The van der Waals surface area contributed by atoms with Crippen LogP contribution in [0.25, 0.3) is 11.3 Å². The van der Waals surface area contributed by atoms with E-state index in [2.05, 4.69) is 63.5 Å². The lowest BCUT2D eigenvalue weighted by atomic mass is 9.89. The van der Waals surface area contributed by atoms with E-state index in [9.17, 15) is 35.9 Å². The Bertz CT molecular complexity index is 3180. The Morgan fingerprint density at radius 3 is 1.66 bits per heavy atom. The number of ether oxygens (including phenoxy) is 2. The van der Waals surface area contributed by atoms with E-state index in [4.69, 9.17) is 34.0 Å². The number of nitrogens with one attached hydrogen (secondary N) is 1. The lowest BCUT2D eigenvalue weighted by Gasteiger charge is -2.50. The Labute approximate surface area is 463 Å². The van der Waals surface area contributed by atoms with Gasteiger partial charge in [-0.2, -0.15) is 0 Å². The van der Waals surface area contributed by atoms with E-state index in [1.807, 2.05) is 57.3 Å². The zero-order chi connectivity index (χ0) is 56.8. The molecule has 1 saturated carbocycles. The van der Waals surface area contributed by atoms with Crippen molar-refractivity contribution in [3.8, 4) is 5.75 Å². The molecule has 0 unspecified atom stereocenters. The number of fused-ring (bicyclic) bond motifs is 2. The highest BCUT2D eigenvalue weighted by atomic mass is 35.5. The van der Waals surface area contributed by atoms with Gasteiger partial charge in [0, 0.05) is 88.9 Å². The van der Waals surface area contributed by atoms with Gasteiger partial charge < -0.3 is 35.6 Å². The number of hydrogen-bond acceptors (Lipinski definition) is 11. The number of aromatic carboxylic acids is 1. The highest BCUT2D eigenvalue weighted by molar-refractivity contribution is 6.30. The topological polar surface area (TPSA) is 158 Å². The van der Waals surface area contributed by atoms with Crippen molar-refractivity contribution in [1.82, 2.24) is 29.0 Å². The molecule has 3 fully saturated rings. The smallest absolute Gasteiger partial charge is 0.477 e. The molecule has 4 N–H and O–H groups in total. The molecule has 0 bridgehead atoms. The van der Waals surface area contributed by atoms with Gasteiger partial charge in [0.25, 0.3) is 5.91 Å². The standard InChI is InChI=1S/C28H33ClF3N5O2.C18H20F3N3O.C10H9ClN2O2/c1-3-24-26(37-15-19(29)6-13-25(37)34-24)27(38)33-14-18-4-7-20(8-5-18)35(2)22-16-36(17-22)21-9-11-23(12-10-21)39-28(30,31)32;1-23(14-4-2-13(10-22)3-5-14)16-11-24(12-16)15-6-8-17(9-7-15)25-18(19,20)21;1-2-7-9(10(14)15)13-5-6(11)3-4-8(13)12-7/h4-8,13,15,21-23H,3,9-12,14,16-17H2,1-2H3,(H,33,38);2-9,16H,10-12,22H2,1H3;3-5H,2H2,1H3,(H,14,15). The summed E-state index contributed by atoms with van der Waals surface area (Å²) in [6, 6.07) is 30.2. The van der Waals surface area contributed by atoms with Crippen molar-refractivity contribution in [3.63, 3.8) is 0 Å². The van der Waals surface area contributed by atoms with Crippen LogP contribution in [0.3, 0.4) is 0 Å². The number of pyridine rings is 2. The van der Waals surface area contributed by atoms with Crippen molar-refractivity contribution in [1.29, 1.82) is 0 Å². The first-order valence-electron chi connectivity index (χ1n) is 25.9. The molecule has 422 valence electrons. The average molecular weight is 1140 g/mol. The normalized spacial score (nSPS) is 17.0. The maximum Gasteiger partial charge on any atom is 0.573 e. The van der Waals surface area contributed by atoms with Gasteiger partial charge in [0.05, 0.1) is 39.6 Å². The van der Waals surface area contributed by atoms with E-state index in [1.165, 1.54) is 16.5 Å². The average Bonchev–Trinajstić information content (AvgIpc) is 4.06. The van der Waals surface area contributed by atoms with Crippen molar-refractivity contribution in [2.75, 3.05) is 55.0 Å². The first-order valence-corrected chi connectivity index (χ1v) is 26.6. The van der Waals surface area contributed by atoms with Crippen LogP contribution in [-0.2, 0) is 30.7 Å². The fourth-order valence-corrected chi connectivity index (χ4v) is 10.3. The van der Waals surface area contributed by atoms with Gasteiger partial charge in [0.1, 0.15) is 22.7 Å². The highest BCUT2D eigenvalue weighted by Crippen LogP contribution is 2.34.